The normalized spacial score (nSPS) is 22.1. The number of benzene rings is 3. The lowest BCUT2D eigenvalue weighted by Gasteiger charge is -2.39. The van der Waals surface area contributed by atoms with Crippen molar-refractivity contribution in [1.82, 2.24) is 23.9 Å². The lowest BCUT2D eigenvalue weighted by molar-refractivity contribution is 0.0700. The molecule has 3 aromatic carbocycles. The highest BCUT2D eigenvalue weighted by molar-refractivity contribution is 6.00. The summed E-state index contributed by atoms with van der Waals surface area (Å²) in [5.74, 6) is 2.76. The van der Waals surface area contributed by atoms with Crippen LogP contribution in [0.5, 0.6) is 5.75 Å². The van der Waals surface area contributed by atoms with Gasteiger partial charge < -0.3 is 34.7 Å². The van der Waals surface area contributed by atoms with Gasteiger partial charge in [0.05, 0.1) is 18.3 Å². The number of piperidine rings is 1. The van der Waals surface area contributed by atoms with Crippen molar-refractivity contribution in [3.8, 4) is 17.3 Å². The summed E-state index contributed by atoms with van der Waals surface area (Å²) in [6.07, 6.45) is 4.54. The fourth-order valence-electron chi connectivity index (χ4n) is 8.31. The number of likely N-dealkylation sites (tertiary alicyclic amines) is 2. The van der Waals surface area contributed by atoms with Gasteiger partial charge >= 0.3 is 6.03 Å². The van der Waals surface area contributed by atoms with Gasteiger partial charge in [-0.3, -0.25) is 4.79 Å². The Bertz CT molecular complexity index is 2040. The lowest BCUT2D eigenvalue weighted by atomic mass is 10.0. The minimum absolute atomic E-state index is 0.00383. The number of carbonyl (C=O) groups is 2. The number of imidazole rings is 1. The van der Waals surface area contributed by atoms with E-state index in [-0.39, 0.29) is 29.9 Å². The summed E-state index contributed by atoms with van der Waals surface area (Å²) >= 11 is 0. The second-order valence-electron chi connectivity index (χ2n) is 14.2. The molecular formula is C38H41N7O3. The molecule has 3 atom stereocenters. The monoisotopic (exact) mass is 643 g/mol. The Morgan fingerprint density at radius 2 is 1.67 bits per heavy atom. The topological polar surface area (TPSA) is 111 Å². The number of fused-ring (bicyclic) bond motifs is 4. The standard InChI is InChI=1S/C38H41N7O3/c1-48-33-17-27(37(46)44-22-26-13-14-31(44)34(26)39)15-29-35(33)45(21-24-18-42(19-24)38(47)40-28-8-3-2-4-9-28)36(41-29)32-16-25-7-5-6-10-30(25)43(32)20-23-11-12-23/h2-10,15-17,23-24,26,31,34H,11-14,18-22,39H2,1H3,(H,40,47)/t26?,31?,34-/m1/s1. The fourth-order valence-corrected chi connectivity index (χ4v) is 8.31. The predicted molar refractivity (Wildman–Crippen MR) is 186 cm³/mol. The van der Waals surface area contributed by atoms with E-state index in [1.54, 1.807) is 7.11 Å². The van der Waals surface area contributed by atoms with Crippen LogP contribution >= 0.6 is 0 Å². The smallest absolute Gasteiger partial charge is 0.321 e. The molecule has 3 N–H and O–H groups in total. The van der Waals surface area contributed by atoms with E-state index < -0.39 is 0 Å². The fraction of sp³-hybridized carbons (Fsp3) is 0.395. The maximum absolute atomic E-state index is 14.0. The molecular weight excluding hydrogens is 602 g/mol. The first-order valence-electron chi connectivity index (χ1n) is 17.3. The molecule has 9 rings (SSSR count). The maximum Gasteiger partial charge on any atom is 0.321 e. The number of hydrogen-bond acceptors (Lipinski definition) is 5. The highest BCUT2D eigenvalue weighted by Crippen LogP contribution is 2.41. The molecule has 2 aliphatic carbocycles. The summed E-state index contributed by atoms with van der Waals surface area (Å²) in [6.45, 7) is 3.60. The van der Waals surface area contributed by atoms with Crippen LogP contribution in [0.15, 0.2) is 72.8 Å². The first kappa shape index (κ1) is 29.3. The molecule has 4 aliphatic rings. The van der Waals surface area contributed by atoms with Crippen LogP contribution in [0, 0.1) is 17.8 Å². The summed E-state index contributed by atoms with van der Waals surface area (Å²) in [7, 11) is 1.66. The van der Waals surface area contributed by atoms with Crippen molar-refractivity contribution in [3.63, 3.8) is 0 Å². The van der Waals surface area contributed by atoms with Gasteiger partial charge in [-0.2, -0.15) is 0 Å². The highest BCUT2D eigenvalue weighted by Gasteiger charge is 2.47. The molecule has 0 radical (unpaired) electrons. The molecule has 2 aliphatic heterocycles. The van der Waals surface area contributed by atoms with Crippen LogP contribution in [0.3, 0.4) is 0 Å². The van der Waals surface area contributed by atoms with Crippen molar-refractivity contribution in [1.29, 1.82) is 0 Å². The second kappa shape index (κ2) is 11.4. The van der Waals surface area contributed by atoms with Crippen LogP contribution in [0.1, 0.15) is 36.0 Å². The van der Waals surface area contributed by atoms with Gasteiger partial charge in [-0.25, -0.2) is 9.78 Å². The number of methoxy groups -OCH3 is 1. The summed E-state index contributed by atoms with van der Waals surface area (Å²) < 4.78 is 10.7. The van der Waals surface area contributed by atoms with Gasteiger partial charge in [-0.05, 0) is 73.9 Å². The molecule has 48 heavy (non-hydrogen) atoms. The second-order valence-corrected chi connectivity index (χ2v) is 14.2. The molecule has 4 heterocycles. The number of ether oxygens (including phenoxy) is 1. The number of amides is 3. The summed E-state index contributed by atoms with van der Waals surface area (Å²) in [4.78, 5) is 36.1. The van der Waals surface area contributed by atoms with Crippen molar-refractivity contribution >= 4 is 39.6 Å². The molecule has 2 unspecified atom stereocenters. The van der Waals surface area contributed by atoms with Gasteiger partial charge in [0.1, 0.15) is 11.3 Å². The molecule has 3 amide bonds. The largest absolute Gasteiger partial charge is 0.494 e. The molecule has 2 saturated carbocycles. The van der Waals surface area contributed by atoms with Crippen molar-refractivity contribution in [3.05, 3.63) is 78.4 Å². The third-order valence-corrected chi connectivity index (χ3v) is 11.1. The Balaban J connectivity index is 1.10. The van der Waals surface area contributed by atoms with Crippen molar-refractivity contribution in [2.45, 2.75) is 50.9 Å². The first-order valence-corrected chi connectivity index (χ1v) is 17.3. The predicted octanol–water partition coefficient (Wildman–Crippen LogP) is 5.80. The quantitative estimate of drug-likeness (QED) is 0.222. The molecule has 246 valence electrons. The maximum atomic E-state index is 14.0. The summed E-state index contributed by atoms with van der Waals surface area (Å²) in [5, 5.41) is 4.19. The van der Waals surface area contributed by atoms with Crippen LogP contribution in [0.4, 0.5) is 10.5 Å². The zero-order valence-corrected chi connectivity index (χ0v) is 27.2. The van der Waals surface area contributed by atoms with E-state index in [0.717, 1.165) is 47.6 Å². The van der Waals surface area contributed by atoms with E-state index in [4.69, 9.17) is 15.5 Å². The number of para-hydroxylation sites is 2. The zero-order valence-electron chi connectivity index (χ0n) is 27.2. The highest BCUT2D eigenvalue weighted by atomic mass is 16.5. The van der Waals surface area contributed by atoms with E-state index in [9.17, 15) is 9.59 Å². The third-order valence-electron chi connectivity index (χ3n) is 11.1. The minimum atomic E-state index is -0.0891. The van der Waals surface area contributed by atoms with Crippen LogP contribution in [0.25, 0.3) is 33.5 Å². The average Bonchev–Trinajstić information content (AvgIpc) is 3.44. The third kappa shape index (κ3) is 4.92. The first-order chi connectivity index (χ1) is 23.4. The Morgan fingerprint density at radius 1 is 0.896 bits per heavy atom. The van der Waals surface area contributed by atoms with Gasteiger partial charge in [0.15, 0.2) is 5.82 Å². The minimum Gasteiger partial charge on any atom is -0.494 e. The average molecular weight is 644 g/mol. The lowest BCUT2D eigenvalue weighted by Crippen LogP contribution is -2.53. The molecule has 10 heteroatoms. The summed E-state index contributed by atoms with van der Waals surface area (Å²) in [6, 6.07) is 24.2. The Hall–Kier alpha value is -4.83. The summed E-state index contributed by atoms with van der Waals surface area (Å²) in [5.41, 5.74) is 11.7. The Kier molecular flexibility index (Phi) is 6.97. The molecule has 4 fully saturated rings. The number of carbonyl (C=O) groups excluding carboxylic acids is 2. The van der Waals surface area contributed by atoms with Crippen LogP contribution in [-0.2, 0) is 13.1 Å². The number of urea groups is 1. The van der Waals surface area contributed by atoms with E-state index >= 15 is 0 Å². The number of anilines is 1. The number of nitrogens with two attached hydrogens (primary N) is 1. The molecule has 2 bridgehead atoms. The van der Waals surface area contributed by atoms with Crippen LogP contribution < -0.4 is 15.8 Å². The molecule has 10 nitrogen and oxygen atoms in total. The van der Waals surface area contributed by atoms with E-state index in [0.29, 0.717) is 49.3 Å². The molecule has 0 spiro atoms. The SMILES string of the molecule is COc1cc(C(=O)N2CC3CCC2[C@@H]3N)cc2nc(-c3cc4ccccc4n3CC3CC3)n(CC3CN(C(=O)Nc4ccccc4)C3)c12. The van der Waals surface area contributed by atoms with Crippen molar-refractivity contribution in [2.75, 3.05) is 32.1 Å². The van der Waals surface area contributed by atoms with Crippen molar-refractivity contribution in [2.24, 2.45) is 23.5 Å². The van der Waals surface area contributed by atoms with Crippen LogP contribution in [-0.4, -0.2) is 74.7 Å². The Labute approximate surface area is 279 Å². The molecule has 2 saturated heterocycles. The van der Waals surface area contributed by atoms with Crippen LogP contribution in [0.2, 0.25) is 0 Å². The molecule has 5 aromatic rings. The van der Waals surface area contributed by atoms with Gasteiger partial charge in [0.2, 0.25) is 0 Å². The number of aromatic nitrogens is 3. The number of nitrogens with one attached hydrogen (secondary N) is 1. The number of rotatable bonds is 8. The van der Waals surface area contributed by atoms with E-state index in [1.165, 1.54) is 23.7 Å². The Morgan fingerprint density at radius 3 is 2.40 bits per heavy atom. The number of nitrogens with zero attached hydrogens (tertiary/aromatic N) is 5. The zero-order chi connectivity index (χ0) is 32.5. The van der Waals surface area contributed by atoms with E-state index in [2.05, 4.69) is 44.8 Å². The van der Waals surface area contributed by atoms with Gasteiger partial charge in [0.25, 0.3) is 5.91 Å². The van der Waals surface area contributed by atoms with Crippen molar-refractivity contribution < 1.29 is 14.3 Å². The molecule has 2 aromatic heterocycles. The number of hydrogen-bond donors (Lipinski definition) is 2. The van der Waals surface area contributed by atoms with E-state index in [1.807, 2.05) is 52.3 Å². The van der Waals surface area contributed by atoms with Gasteiger partial charge in [0, 0.05) is 72.9 Å². The van der Waals surface area contributed by atoms with Gasteiger partial charge in [-0.1, -0.05) is 36.4 Å². The van der Waals surface area contributed by atoms with Gasteiger partial charge in [-0.15, -0.1) is 0 Å².